The van der Waals surface area contributed by atoms with Gasteiger partial charge in [-0.15, -0.1) is 0 Å². The van der Waals surface area contributed by atoms with Gasteiger partial charge in [0.05, 0.1) is 5.56 Å². The molecule has 0 saturated carbocycles. The Morgan fingerprint density at radius 2 is 2.29 bits per heavy atom. The number of fused-ring (bicyclic) bond motifs is 1. The first kappa shape index (κ1) is 14.9. The Bertz CT molecular complexity index is 843. The van der Waals surface area contributed by atoms with Crippen LogP contribution < -0.4 is 0 Å². The number of nitrogens with one attached hydrogen (secondary N) is 1. The monoisotopic (exact) mass is 320 g/mol. The first-order valence-electron chi connectivity index (χ1n) is 8.41. The van der Waals surface area contributed by atoms with Crippen LogP contribution in [0.1, 0.15) is 28.8 Å². The van der Waals surface area contributed by atoms with Gasteiger partial charge in [-0.25, -0.2) is 4.98 Å². The number of aromatic nitrogens is 3. The van der Waals surface area contributed by atoms with Crippen LogP contribution in [0, 0.1) is 5.92 Å². The number of aromatic amines is 1. The second kappa shape index (κ2) is 6.43. The van der Waals surface area contributed by atoms with Crippen molar-refractivity contribution in [3.05, 3.63) is 60.2 Å². The molecule has 1 N–H and O–H groups in total. The zero-order valence-corrected chi connectivity index (χ0v) is 13.5. The van der Waals surface area contributed by atoms with Gasteiger partial charge in [0.25, 0.3) is 5.91 Å². The lowest BCUT2D eigenvalue weighted by Gasteiger charge is -2.33. The van der Waals surface area contributed by atoms with E-state index in [0.717, 1.165) is 43.4 Å². The highest BCUT2D eigenvalue weighted by atomic mass is 16.2. The Morgan fingerprint density at radius 3 is 3.17 bits per heavy atom. The molecule has 3 aromatic rings. The number of H-pyrrole nitrogens is 1. The van der Waals surface area contributed by atoms with E-state index >= 15 is 0 Å². The van der Waals surface area contributed by atoms with Crippen molar-refractivity contribution in [2.24, 2.45) is 5.92 Å². The molecule has 0 unspecified atom stereocenters. The van der Waals surface area contributed by atoms with E-state index in [4.69, 9.17) is 0 Å². The van der Waals surface area contributed by atoms with Gasteiger partial charge in [0.2, 0.25) is 0 Å². The molecule has 122 valence electrons. The molecule has 0 radical (unpaired) electrons. The standard InChI is InChI=1S/C19H20N4O/c24-19(17-4-1-6-20-12-17)23-8-2-3-14(13-23)9-15-10-16-5-7-21-18(16)22-11-15/h1,4-7,10-12,14H,2-3,8-9,13H2,(H,21,22)/t14-/m1/s1. The van der Waals surface area contributed by atoms with Crippen LogP contribution in [0.15, 0.2) is 49.1 Å². The molecule has 1 aliphatic heterocycles. The number of rotatable bonds is 3. The van der Waals surface area contributed by atoms with E-state index in [9.17, 15) is 4.79 Å². The lowest BCUT2D eigenvalue weighted by Crippen LogP contribution is -2.40. The SMILES string of the molecule is O=C(c1cccnc1)N1CCC[C@H](Cc2cnc3[nH]ccc3c2)C1. The third-order valence-electron chi connectivity index (χ3n) is 4.70. The zero-order valence-electron chi connectivity index (χ0n) is 13.5. The number of hydrogen-bond donors (Lipinski definition) is 1. The summed E-state index contributed by atoms with van der Waals surface area (Å²) in [5.74, 6) is 0.574. The van der Waals surface area contributed by atoms with Crippen LogP contribution in [0.3, 0.4) is 0 Å². The summed E-state index contributed by atoms with van der Waals surface area (Å²) in [6.45, 7) is 1.64. The maximum absolute atomic E-state index is 12.6. The van der Waals surface area contributed by atoms with Crippen LogP contribution in [-0.4, -0.2) is 38.8 Å². The van der Waals surface area contributed by atoms with Gasteiger partial charge in [0.1, 0.15) is 5.65 Å². The maximum atomic E-state index is 12.6. The number of piperidine rings is 1. The van der Waals surface area contributed by atoms with E-state index < -0.39 is 0 Å². The molecule has 4 rings (SSSR count). The summed E-state index contributed by atoms with van der Waals surface area (Å²) in [5.41, 5.74) is 2.84. The molecule has 3 aromatic heterocycles. The minimum Gasteiger partial charge on any atom is -0.346 e. The van der Waals surface area contributed by atoms with Crippen molar-refractivity contribution in [3.63, 3.8) is 0 Å². The summed E-state index contributed by atoms with van der Waals surface area (Å²) in [6.07, 6.45) is 10.4. The largest absolute Gasteiger partial charge is 0.346 e. The lowest BCUT2D eigenvalue weighted by atomic mass is 9.91. The quantitative estimate of drug-likeness (QED) is 0.807. The van der Waals surface area contributed by atoms with Crippen molar-refractivity contribution in [3.8, 4) is 0 Å². The third-order valence-corrected chi connectivity index (χ3v) is 4.70. The molecule has 0 bridgehead atoms. The minimum absolute atomic E-state index is 0.0898. The summed E-state index contributed by atoms with van der Waals surface area (Å²) in [6, 6.07) is 7.89. The summed E-state index contributed by atoms with van der Waals surface area (Å²) >= 11 is 0. The van der Waals surface area contributed by atoms with E-state index in [2.05, 4.69) is 21.0 Å². The lowest BCUT2D eigenvalue weighted by molar-refractivity contribution is 0.0673. The number of carbonyl (C=O) groups excluding carboxylic acids is 1. The fourth-order valence-corrected chi connectivity index (χ4v) is 3.52. The van der Waals surface area contributed by atoms with Crippen LogP contribution in [0.2, 0.25) is 0 Å². The van der Waals surface area contributed by atoms with E-state index in [0.29, 0.717) is 11.5 Å². The molecule has 4 heterocycles. The van der Waals surface area contributed by atoms with Crippen molar-refractivity contribution in [2.75, 3.05) is 13.1 Å². The van der Waals surface area contributed by atoms with Gasteiger partial charge in [-0.3, -0.25) is 9.78 Å². The first-order chi connectivity index (χ1) is 11.8. The average molecular weight is 320 g/mol. The van der Waals surface area contributed by atoms with Crippen LogP contribution in [-0.2, 0) is 6.42 Å². The predicted molar refractivity (Wildman–Crippen MR) is 92.7 cm³/mol. The van der Waals surface area contributed by atoms with E-state index in [1.165, 1.54) is 5.56 Å². The Kier molecular flexibility index (Phi) is 3.99. The van der Waals surface area contributed by atoms with Crippen molar-refractivity contribution in [1.29, 1.82) is 0 Å². The molecule has 1 saturated heterocycles. The van der Waals surface area contributed by atoms with Gasteiger partial charge in [0.15, 0.2) is 0 Å². The van der Waals surface area contributed by atoms with Gasteiger partial charge in [0, 0.05) is 43.3 Å². The number of likely N-dealkylation sites (tertiary alicyclic amines) is 1. The van der Waals surface area contributed by atoms with Crippen LogP contribution in [0.25, 0.3) is 11.0 Å². The Labute approximate surface area is 140 Å². The molecule has 1 atom stereocenters. The smallest absolute Gasteiger partial charge is 0.255 e. The molecule has 1 aliphatic rings. The third kappa shape index (κ3) is 3.02. The van der Waals surface area contributed by atoms with Gasteiger partial charge < -0.3 is 9.88 Å². The molecule has 1 amide bonds. The van der Waals surface area contributed by atoms with Gasteiger partial charge >= 0.3 is 0 Å². The molecule has 0 aromatic carbocycles. The molecule has 24 heavy (non-hydrogen) atoms. The maximum Gasteiger partial charge on any atom is 0.255 e. The zero-order chi connectivity index (χ0) is 16.4. The van der Waals surface area contributed by atoms with Gasteiger partial charge in [-0.1, -0.05) is 0 Å². The number of carbonyl (C=O) groups is 1. The average Bonchev–Trinajstić information content (AvgIpc) is 3.10. The van der Waals surface area contributed by atoms with E-state index in [1.807, 2.05) is 35.5 Å². The van der Waals surface area contributed by atoms with Gasteiger partial charge in [-0.05, 0) is 55.0 Å². The van der Waals surface area contributed by atoms with Gasteiger partial charge in [-0.2, -0.15) is 0 Å². The Hall–Kier alpha value is -2.69. The number of hydrogen-bond acceptors (Lipinski definition) is 3. The summed E-state index contributed by atoms with van der Waals surface area (Å²) < 4.78 is 0. The predicted octanol–water partition coefficient (Wildman–Crippen LogP) is 3.05. The van der Waals surface area contributed by atoms with Crippen LogP contribution in [0.5, 0.6) is 0 Å². The topological polar surface area (TPSA) is 61.9 Å². The summed E-state index contributed by atoms with van der Waals surface area (Å²) in [7, 11) is 0. The van der Waals surface area contributed by atoms with Crippen LogP contribution in [0.4, 0.5) is 0 Å². The summed E-state index contributed by atoms with van der Waals surface area (Å²) in [4.78, 5) is 26.2. The molecule has 0 aliphatic carbocycles. The molecular formula is C19H20N4O. The van der Waals surface area contributed by atoms with Crippen molar-refractivity contribution in [1.82, 2.24) is 19.9 Å². The number of pyridine rings is 2. The van der Waals surface area contributed by atoms with Crippen molar-refractivity contribution in [2.45, 2.75) is 19.3 Å². The fourth-order valence-electron chi connectivity index (χ4n) is 3.52. The second-order valence-corrected chi connectivity index (χ2v) is 6.46. The molecular weight excluding hydrogens is 300 g/mol. The minimum atomic E-state index is 0.0898. The first-order valence-corrected chi connectivity index (χ1v) is 8.41. The Morgan fingerprint density at radius 1 is 1.33 bits per heavy atom. The van der Waals surface area contributed by atoms with Crippen molar-refractivity contribution >= 4 is 16.9 Å². The van der Waals surface area contributed by atoms with Crippen LogP contribution >= 0.6 is 0 Å². The summed E-state index contributed by atoms with van der Waals surface area (Å²) in [5, 5.41) is 1.15. The van der Waals surface area contributed by atoms with Crippen molar-refractivity contribution < 1.29 is 4.79 Å². The second-order valence-electron chi connectivity index (χ2n) is 6.46. The molecule has 5 nitrogen and oxygen atoms in total. The highest BCUT2D eigenvalue weighted by molar-refractivity contribution is 5.93. The van der Waals surface area contributed by atoms with E-state index in [1.54, 1.807) is 12.4 Å². The molecule has 5 heteroatoms. The molecule has 1 fully saturated rings. The van der Waals surface area contributed by atoms with E-state index in [-0.39, 0.29) is 5.91 Å². The number of amides is 1. The highest BCUT2D eigenvalue weighted by Crippen LogP contribution is 2.23. The molecule has 0 spiro atoms. The Balaban J connectivity index is 1.45. The fraction of sp³-hybridized carbons (Fsp3) is 0.316. The normalized spacial score (nSPS) is 18.0. The highest BCUT2D eigenvalue weighted by Gasteiger charge is 2.24. The number of nitrogens with zero attached hydrogens (tertiary/aromatic N) is 3.